The quantitative estimate of drug-likeness (QED) is 0.815. The molecule has 1 N–H and O–H groups in total. The average Bonchev–Trinajstić information content (AvgIpc) is 2.28. The van der Waals surface area contributed by atoms with Gasteiger partial charge in [0.2, 0.25) is 0 Å². The third-order valence-corrected chi connectivity index (χ3v) is 4.34. The second kappa shape index (κ2) is 6.04. The van der Waals surface area contributed by atoms with Gasteiger partial charge in [-0.25, -0.2) is 4.39 Å². The van der Waals surface area contributed by atoms with Gasteiger partial charge in [0.15, 0.2) is 0 Å². The molecule has 1 fully saturated rings. The van der Waals surface area contributed by atoms with Gasteiger partial charge in [-0.1, -0.05) is 26.3 Å². The zero-order chi connectivity index (χ0) is 13.9. The summed E-state index contributed by atoms with van der Waals surface area (Å²) in [6.07, 6.45) is 5.03. The minimum absolute atomic E-state index is 0.123. The van der Waals surface area contributed by atoms with Crippen molar-refractivity contribution >= 4 is 0 Å². The van der Waals surface area contributed by atoms with Gasteiger partial charge in [-0.15, -0.1) is 0 Å². The minimum Gasteiger partial charge on any atom is -0.316 e. The third-order valence-electron chi connectivity index (χ3n) is 4.34. The number of halogens is 1. The van der Waals surface area contributed by atoms with Crippen molar-refractivity contribution in [2.45, 2.75) is 46.5 Å². The van der Waals surface area contributed by atoms with Crippen LogP contribution in [-0.2, 0) is 6.42 Å². The molecule has 0 amide bonds. The standard InChI is InChI=1S/C17H26FN/c1-13(2)11-19-12-17(7-4-8-17)10-15-5-6-16(18)9-14(15)3/h5-6,9,13,19H,4,7-8,10-12H2,1-3H3. The third kappa shape index (κ3) is 3.79. The number of nitrogens with one attached hydrogen (secondary N) is 1. The van der Waals surface area contributed by atoms with E-state index in [2.05, 4.69) is 19.2 Å². The van der Waals surface area contributed by atoms with Crippen molar-refractivity contribution in [1.82, 2.24) is 5.32 Å². The summed E-state index contributed by atoms with van der Waals surface area (Å²) in [4.78, 5) is 0. The van der Waals surface area contributed by atoms with Crippen molar-refractivity contribution < 1.29 is 4.39 Å². The second-order valence-electron chi connectivity index (χ2n) is 6.63. The van der Waals surface area contributed by atoms with Gasteiger partial charge in [0.25, 0.3) is 0 Å². The minimum atomic E-state index is -0.123. The maximum atomic E-state index is 13.2. The van der Waals surface area contributed by atoms with E-state index < -0.39 is 0 Å². The van der Waals surface area contributed by atoms with Crippen LogP contribution in [-0.4, -0.2) is 13.1 Å². The molecule has 0 saturated heterocycles. The lowest BCUT2D eigenvalue weighted by molar-refractivity contribution is 0.128. The van der Waals surface area contributed by atoms with Crippen molar-refractivity contribution in [2.75, 3.05) is 13.1 Å². The van der Waals surface area contributed by atoms with Crippen LogP contribution in [0.15, 0.2) is 18.2 Å². The van der Waals surface area contributed by atoms with E-state index in [1.165, 1.54) is 24.8 Å². The molecule has 0 aromatic heterocycles. The van der Waals surface area contributed by atoms with Crippen LogP contribution in [0.5, 0.6) is 0 Å². The predicted molar refractivity (Wildman–Crippen MR) is 78.8 cm³/mol. The second-order valence-corrected chi connectivity index (χ2v) is 6.63. The molecule has 0 spiro atoms. The molecule has 1 saturated carbocycles. The van der Waals surface area contributed by atoms with Crippen molar-refractivity contribution in [3.63, 3.8) is 0 Å². The monoisotopic (exact) mass is 263 g/mol. The number of benzene rings is 1. The molecule has 106 valence electrons. The van der Waals surface area contributed by atoms with E-state index in [4.69, 9.17) is 0 Å². The Morgan fingerprint density at radius 2 is 2.05 bits per heavy atom. The highest BCUT2D eigenvalue weighted by molar-refractivity contribution is 5.28. The fourth-order valence-corrected chi connectivity index (χ4v) is 2.98. The number of rotatable bonds is 6. The highest BCUT2D eigenvalue weighted by Crippen LogP contribution is 2.43. The summed E-state index contributed by atoms with van der Waals surface area (Å²) in [6, 6.07) is 5.21. The van der Waals surface area contributed by atoms with E-state index in [-0.39, 0.29) is 5.82 Å². The number of aryl methyl sites for hydroxylation is 1. The molecule has 1 aliphatic carbocycles. The molecular formula is C17H26FN. The predicted octanol–water partition coefficient (Wildman–Crippen LogP) is 4.09. The van der Waals surface area contributed by atoms with E-state index in [0.717, 1.165) is 25.1 Å². The van der Waals surface area contributed by atoms with Crippen molar-refractivity contribution in [3.8, 4) is 0 Å². The topological polar surface area (TPSA) is 12.0 Å². The molecule has 1 aromatic rings. The number of hydrogen-bond donors (Lipinski definition) is 1. The lowest BCUT2D eigenvalue weighted by Gasteiger charge is -2.43. The fraction of sp³-hybridized carbons (Fsp3) is 0.647. The van der Waals surface area contributed by atoms with Crippen LogP contribution >= 0.6 is 0 Å². The first-order valence-electron chi connectivity index (χ1n) is 7.46. The molecule has 1 nitrogen and oxygen atoms in total. The molecule has 2 heteroatoms. The summed E-state index contributed by atoms with van der Waals surface area (Å²) in [5.74, 6) is 0.575. The van der Waals surface area contributed by atoms with Gasteiger partial charge in [0.05, 0.1) is 0 Å². The van der Waals surface area contributed by atoms with Gasteiger partial charge >= 0.3 is 0 Å². The van der Waals surface area contributed by atoms with Gasteiger partial charge in [0.1, 0.15) is 5.82 Å². The Morgan fingerprint density at radius 3 is 2.58 bits per heavy atom. The van der Waals surface area contributed by atoms with E-state index in [9.17, 15) is 4.39 Å². The van der Waals surface area contributed by atoms with Crippen LogP contribution in [0.2, 0.25) is 0 Å². The summed E-state index contributed by atoms with van der Waals surface area (Å²) >= 11 is 0. The summed E-state index contributed by atoms with van der Waals surface area (Å²) in [6.45, 7) is 8.69. The van der Waals surface area contributed by atoms with Gasteiger partial charge in [-0.05, 0) is 67.3 Å². The Hall–Kier alpha value is -0.890. The zero-order valence-corrected chi connectivity index (χ0v) is 12.4. The highest BCUT2D eigenvalue weighted by atomic mass is 19.1. The fourth-order valence-electron chi connectivity index (χ4n) is 2.98. The Morgan fingerprint density at radius 1 is 1.32 bits per heavy atom. The SMILES string of the molecule is Cc1cc(F)ccc1CC1(CNCC(C)C)CCC1. The van der Waals surface area contributed by atoms with E-state index in [1.807, 2.05) is 13.0 Å². The molecular weight excluding hydrogens is 237 g/mol. The highest BCUT2D eigenvalue weighted by Gasteiger charge is 2.36. The summed E-state index contributed by atoms with van der Waals surface area (Å²) in [5.41, 5.74) is 2.82. The summed E-state index contributed by atoms with van der Waals surface area (Å²) in [5, 5.41) is 3.60. The largest absolute Gasteiger partial charge is 0.316 e. The molecule has 0 heterocycles. The molecule has 1 aliphatic rings. The van der Waals surface area contributed by atoms with Crippen LogP contribution in [0, 0.1) is 24.1 Å². The Balaban J connectivity index is 1.98. The van der Waals surface area contributed by atoms with E-state index >= 15 is 0 Å². The molecule has 0 radical (unpaired) electrons. The lowest BCUT2D eigenvalue weighted by Crippen LogP contribution is -2.42. The van der Waals surface area contributed by atoms with Crippen LogP contribution in [0.1, 0.15) is 44.2 Å². The Bertz CT molecular complexity index is 421. The average molecular weight is 263 g/mol. The molecule has 0 aliphatic heterocycles. The normalized spacial score (nSPS) is 17.5. The Kier molecular flexibility index (Phi) is 4.62. The Labute approximate surface area is 116 Å². The van der Waals surface area contributed by atoms with Gasteiger partial charge in [0, 0.05) is 6.54 Å². The van der Waals surface area contributed by atoms with Crippen LogP contribution in [0.3, 0.4) is 0 Å². The smallest absolute Gasteiger partial charge is 0.123 e. The van der Waals surface area contributed by atoms with Crippen LogP contribution in [0.4, 0.5) is 4.39 Å². The molecule has 19 heavy (non-hydrogen) atoms. The first kappa shape index (κ1) is 14.5. The molecule has 0 atom stereocenters. The van der Waals surface area contributed by atoms with Crippen molar-refractivity contribution in [3.05, 3.63) is 35.1 Å². The molecule has 0 bridgehead atoms. The van der Waals surface area contributed by atoms with Gasteiger partial charge in [-0.3, -0.25) is 0 Å². The molecule has 1 aromatic carbocycles. The zero-order valence-electron chi connectivity index (χ0n) is 12.4. The van der Waals surface area contributed by atoms with E-state index in [1.54, 1.807) is 12.1 Å². The molecule has 2 rings (SSSR count). The molecule has 0 unspecified atom stereocenters. The van der Waals surface area contributed by atoms with E-state index in [0.29, 0.717) is 11.3 Å². The van der Waals surface area contributed by atoms with Gasteiger partial charge in [-0.2, -0.15) is 0 Å². The van der Waals surface area contributed by atoms with Crippen molar-refractivity contribution in [1.29, 1.82) is 0 Å². The maximum Gasteiger partial charge on any atom is 0.123 e. The van der Waals surface area contributed by atoms with Crippen molar-refractivity contribution in [2.24, 2.45) is 11.3 Å². The summed E-state index contributed by atoms with van der Waals surface area (Å²) in [7, 11) is 0. The van der Waals surface area contributed by atoms with Gasteiger partial charge < -0.3 is 5.32 Å². The summed E-state index contributed by atoms with van der Waals surface area (Å²) < 4.78 is 13.2. The van der Waals surface area contributed by atoms with Crippen LogP contribution < -0.4 is 5.32 Å². The maximum absolute atomic E-state index is 13.2. The first-order valence-corrected chi connectivity index (χ1v) is 7.46. The number of hydrogen-bond acceptors (Lipinski definition) is 1. The first-order chi connectivity index (χ1) is 9.01. The lowest BCUT2D eigenvalue weighted by atomic mass is 9.65. The van der Waals surface area contributed by atoms with Crippen LogP contribution in [0.25, 0.3) is 0 Å².